The van der Waals surface area contributed by atoms with Gasteiger partial charge in [-0.1, -0.05) is 42.5 Å². The lowest BCUT2D eigenvalue weighted by atomic mass is 10.0. The van der Waals surface area contributed by atoms with Crippen LogP contribution in [0.15, 0.2) is 42.5 Å². The molecule has 0 bridgehead atoms. The van der Waals surface area contributed by atoms with Crippen LogP contribution in [0.1, 0.15) is 24.4 Å². The SMILES string of the molecule is NC(CS(=O)CC1CCCO1)c1cccc2ccccc12. The molecule has 0 aromatic heterocycles. The smallest absolute Gasteiger partial charge is 0.0691 e. The van der Waals surface area contributed by atoms with Gasteiger partial charge < -0.3 is 10.5 Å². The molecule has 1 heterocycles. The Morgan fingerprint density at radius 3 is 2.86 bits per heavy atom. The van der Waals surface area contributed by atoms with Gasteiger partial charge in [0.05, 0.1) is 6.10 Å². The molecule has 112 valence electrons. The number of fused-ring (bicyclic) bond motifs is 1. The molecule has 21 heavy (non-hydrogen) atoms. The third-order valence-electron chi connectivity index (χ3n) is 3.98. The minimum atomic E-state index is -0.933. The van der Waals surface area contributed by atoms with Crippen LogP contribution in [0.4, 0.5) is 0 Å². The van der Waals surface area contributed by atoms with Crippen molar-refractivity contribution >= 4 is 21.6 Å². The van der Waals surface area contributed by atoms with E-state index in [-0.39, 0.29) is 12.1 Å². The number of rotatable bonds is 5. The molecule has 2 aromatic carbocycles. The zero-order valence-corrected chi connectivity index (χ0v) is 12.9. The van der Waals surface area contributed by atoms with Crippen LogP contribution in [0.5, 0.6) is 0 Å². The van der Waals surface area contributed by atoms with Gasteiger partial charge in [-0.25, -0.2) is 0 Å². The summed E-state index contributed by atoms with van der Waals surface area (Å²) in [5.74, 6) is 1.10. The Hall–Kier alpha value is -1.23. The van der Waals surface area contributed by atoms with Gasteiger partial charge in [-0.2, -0.15) is 0 Å². The highest BCUT2D eigenvalue weighted by atomic mass is 32.2. The highest BCUT2D eigenvalue weighted by molar-refractivity contribution is 7.85. The first-order valence-electron chi connectivity index (χ1n) is 7.44. The highest BCUT2D eigenvalue weighted by Crippen LogP contribution is 2.24. The summed E-state index contributed by atoms with van der Waals surface area (Å²) in [6.07, 6.45) is 2.26. The Morgan fingerprint density at radius 2 is 2.05 bits per heavy atom. The molecule has 3 rings (SSSR count). The van der Waals surface area contributed by atoms with E-state index in [0.717, 1.165) is 30.4 Å². The number of ether oxygens (including phenoxy) is 1. The second kappa shape index (κ2) is 6.69. The molecule has 3 atom stereocenters. The van der Waals surface area contributed by atoms with Gasteiger partial charge in [0.2, 0.25) is 0 Å². The maximum atomic E-state index is 12.3. The molecular formula is C17H21NO2S. The minimum absolute atomic E-state index is 0.158. The number of nitrogens with two attached hydrogens (primary N) is 1. The molecule has 1 saturated heterocycles. The van der Waals surface area contributed by atoms with Crippen molar-refractivity contribution in [3.8, 4) is 0 Å². The summed E-state index contributed by atoms with van der Waals surface area (Å²) in [7, 11) is -0.933. The highest BCUT2D eigenvalue weighted by Gasteiger charge is 2.20. The van der Waals surface area contributed by atoms with Crippen LogP contribution in [0.2, 0.25) is 0 Å². The molecule has 0 saturated carbocycles. The van der Waals surface area contributed by atoms with Crippen molar-refractivity contribution in [2.75, 3.05) is 18.1 Å². The van der Waals surface area contributed by atoms with Crippen molar-refractivity contribution in [3.63, 3.8) is 0 Å². The van der Waals surface area contributed by atoms with Crippen LogP contribution in [0.25, 0.3) is 10.8 Å². The first-order chi connectivity index (χ1) is 10.2. The average molecular weight is 303 g/mol. The van der Waals surface area contributed by atoms with E-state index in [2.05, 4.69) is 18.2 Å². The van der Waals surface area contributed by atoms with E-state index in [9.17, 15) is 4.21 Å². The maximum absolute atomic E-state index is 12.3. The van der Waals surface area contributed by atoms with Crippen molar-refractivity contribution < 1.29 is 8.95 Å². The van der Waals surface area contributed by atoms with Crippen LogP contribution in [0, 0.1) is 0 Å². The van der Waals surface area contributed by atoms with Crippen LogP contribution < -0.4 is 5.73 Å². The van der Waals surface area contributed by atoms with E-state index in [0.29, 0.717) is 11.5 Å². The van der Waals surface area contributed by atoms with E-state index < -0.39 is 10.8 Å². The van der Waals surface area contributed by atoms with Crippen molar-refractivity contribution in [2.24, 2.45) is 5.73 Å². The summed E-state index contributed by atoms with van der Waals surface area (Å²) in [5.41, 5.74) is 7.38. The Morgan fingerprint density at radius 1 is 1.24 bits per heavy atom. The van der Waals surface area contributed by atoms with Crippen molar-refractivity contribution in [2.45, 2.75) is 25.0 Å². The topological polar surface area (TPSA) is 52.3 Å². The van der Waals surface area contributed by atoms with Crippen LogP contribution in [0.3, 0.4) is 0 Å². The van der Waals surface area contributed by atoms with Crippen LogP contribution in [-0.4, -0.2) is 28.4 Å². The lowest BCUT2D eigenvalue weighted by Gasteiger charge is -2.16. The second-order valence-corrected chi connectivity index (χ2v) is 7.13. The van der Waals surface area contributed by atoms with Gasteiger partial charge in [-0.3, -0.25) is 4.21 Å². The quantitative estimate of drug-likeness (QED) is 0.924. The van der Waals surface area contributed by atoms with E-state index in [4.69, 9.17) is 10.5 Å². The fraction of sp³-hybridized carbons (Fsp3) is 0.412. The van der Waals surface area contributed by atoms with Crippen LogP contribution in [-0.2, 0) is 15.5 Å². The van der Waals surface area contributed by atoms with E-state index in [1.807, 2.05) is 24.3 Å². The molecule has 1 aliphatic rings. The first-order valence-corrected chi connectivity index (χ1v) is 8.92. The molecule has 4 heteroatoms. The molecule has 3 nitrogen and oxygen atoms in total. The summed E-state index contributed by atoms with van der Waals surface area (Å²) in [6, 6.07) is 14.1. The molecule has 0 spiro atoms. The molecule has 1 fully saturated rings. The number of hydrogen-bond donors (Lipinski definition) is 1. The minimum Gasteiger partial charge on any atom is -0.377 e. The van der Waals surface area contributed by atoms with Crippen molar-refractivity contribution in [3.05, 3.63) is 48.0 Å². The summed E-state index contributed by atoms with van der Waals surface area (Å²) in [5, 5.41) is 2.33. The Kier molecular flexibility index (Phi) is 4.68. The molecule has 2 N–H and O–H groups in total. The third kappa shape index (κ3) is 3.51. The van der Waals surface area contributed by atoms with Gasteiger partial charge in [0.15, 0.2) is 0 Å². The Labute approximate surface area is 127 Å². The van der Waals surface area contributed by atoms with Gasteiger partial charge in [0, 0.05) is 35.0 Å². The largest absolute Gasteiger partial charge is 0.377 e. The average Bonchev–Trinajstić information content (AvgIpc) is 2.99. The van der Waals surface area contributed by atoms with Gasteiger partial charge in [-0.05, 0) is 29.2 Å². The van der Waals surface area contributed by atoms with E-state index in [1.54, 1.807) is 0 Å². The third-order valence-corrected chi connectivity index (χ3v) is 5.46. The van der Waals surface area contributed by atoms with Gasteiger partial charge in [0.1, 0.15) is 0 Å². The van der Waals surface area contributed by atoms with Gasteiger partial charge >= 0.3 is 0 Å². The van der Waals surface area contributed by atoms with E-state index >= 15 is 0 Å². The zero-order valence-electron chi connectivity index (χ0n) is 12.0. The fourth-order valence-electron chi connectivity index (χ4n) is 2.92. The predicted molar refractivity (Wildman–Crippen MR) is 87.7 cm³/mol. The lowest BCUT2D eigenvalue weighted by Crippen LogP contribution is -2.24. The summed E-state index contributed by atoms with van der Waals surface area (Å²) >= 11 is 0. The molecule has 2 aromatic rings. The zero-order chi connectivity index (χ0) is 14.7. The summed E-state index contributed by atoms with van der Waals surface area (Å²) < 4.78 is 17.8. The summed E-state index contributed by atoms with van der Waals surface area (Å²) in [6.45, 7) is 0.803. The molecule has 0 radical (unpaired) electrons. The maximum Gasteiger partial charge on any atom is 0.0691 e. The molecule has 0 aliphatic carbocycles. The van der Waals surface area contributed by atoms with Gasteiger partial charge in [0.25, 0.3) is 0 Å². The predicted octanol–water partition coefficient (Wildman–Crippen LogP) is 2.77. The molecule has 0 amide bonds. The number of benzene rings is 2. The molecule has 3 unspecified atom stereocenters. The van der Waals surface area contributed by atoms with E-state index in [1.165, 1.54) is 5.39 Å². The normalized spacial score (nSPS) is 21.5. The van der Waals surface area contributed by atoms with Crippen molar-refractivity contribution in [1.29, 1.82) is 0 Å². The fourth-order valence-corrected chi connectivity index (χ4v) is 4.31. The standard InChI is InChI=1S/C17H21NO2S/c18-17(12-21(19)11-14-7-4-10-20-14)16-9-3-6-13-5-1-2-8-15(13)16/h1-3,5-6,8-9,14,17H,4,7,10-12,18H2. The van der Waals surface area contributed by atoms with Gasteiger partial charge in [-0.15, -0.1) is 0 Å². The monoisotopic (exact) mass is 303 g/mol. The van der Waals surface area contributed by atoms with Crippen molar-refractivity contribution in [1.82, 2.24) is 0 Å². The van der Waals surface area contributed by atoms with Crippen LogP contribution >= 0.6 is 0 Å². The number of hydrogen-bond acceptors (Lipinski definition) is 3. The summed E-state index contributed by atoms with van der Waals surface area (Å²) in [4.78, 5) is 0. The second-order valence-electron chi connectivity index (χ2n) is 5.58. The first kappa shape index (κ1) is 14.7. The molecular weight excluding hydrogens is 282 g/mol. The molecule has 1 aliphatic heterocycles. The Bertz CT molecular complexity index is 632. The Balaban J connectivity index is 1.71. The lowest BCUT2D eigenvalue weighted by molar-refractivity contribution is 0.128.